The number of rotatable bonds is 1. The van der Waals surface area contributed by atoms with Gasteiger partial charge in [-0.15, -0.1) is 0 Å². The Hall–Kier alpha value is -0.820. The molecule has 1 aromatic rings. The minimum absolute atomic E-state index is 0.0860. The van der Waals surface area contributed by atoms with Gasteiger partial charge in [-0.25, -0.2) is 0 Å². The summed E-state index contributed by atoms with van der Waals surface area (Å²) in [7, 11) is 0. The molecule has 1 aliphatic rings. The van der Waals surface area contributed by atoms with Crippen molar-refractivity contribution in [1.29, 1.82) is 0 Å². The molecular formula is C14H20O. The minimum atomic E-state index is -0.0860. The van der Waals surface area contributed by atoms with Gasteiger partial charge in [0.1, 0.15) is 0 Å². The fourth-order valence-corrected chi connectivity index (χ4v) is 2.66. The van der Waals surface area contributed by atoms with Crippen LogP contribution in [0.5, 0.6) is 0 Å². The Balaban J connectivity index is 2.18. The summed E-state index contributed by atoms with van der Waals surface area (Å²) >= 11 is 0. The number of hydrogen-bond donors (Lipinski definition) is 1. The molecule has 0 amide bonds. The first-order valence-corrected chi connectivity index (χ1v) is 6.01. The maximum absolute atomic E-state index is 9.81. The van der Waals surface area contributed by atoms with E-state index in [1.807, 2.05) is 0 Å². The zero-order chi connectivity index (χ0) is 10.7. The Morgan fingerprint density at radius 2 is 1.87 bits per heavy atom. The smallest absolute Gasteiger partial charge is 0.0546 e. The van der Waals surface area contributed by atoms with E-state index in [9.17, 15) is 5.11 Å². The lowest BCUT2D eigenvalue weighted by Crippen LogP contribution is -2.10. The van der Waals surface area contributed by atoms with Crippen molar-refractivity contribution >= 4 is 0 Å². The Morgan fingerprint density at radius 1 is 1.13 bits per heavy atom. The fourth-order valence-electron chi connectivity index (χ4n) is 2.66. The van der Waals surface area contributed by atoms with Crippen LogP contribution in [-0.4, -0.2) is 11.2 Å². The molecule has 2 atom stereocenters. The molecule has 0 aliphatic heterocycles. The molecule has 0 saturated heterocycles. The van der Waals surface area contributed by atoms with E-state index in [0.717, 1.165) is 12.8 Å². The van der Waals surface area contributed by atoms with Gasteiger partial charge in [-0.2, -0.15) is 0 Å². The third kappa shape index (κ3) is 2.60. The molecule has 0 unspecified atom stereocenters. The van der Waals surface area contributed by atoms with Crippen LogP contribution in [0.2, 0.25) is 0 Å². The Bertz CT molecular complexity index is 319. The minimum Gasteiger partial charge on any atom is -0.393 e. The van der Waals surface area contributed by atoms with Gasteiger partial charge < -0.3 is 5.11 Å². The van der Waals surface area contributed by atoms with E-state index in [4.69, 9.17) is 0 Å². The molecule has 1 aliphatic carbocycles. The topological polar surface area (TPSA) is 20.2 Å². The molecule has 1 N–H and O–H groups in total. The zero-order valence-electron chi connectivity index (χ0n) is 9.45. The SMILES string of the molecule is Cc1ccccc1[C@@H]1CCCC[C@H](O)C1. The van der Waals surface area contributed by atoms with Gasteiger partial charge in [0.25, 0.3) is 0 Å². The van der Waals surface area contributed by atoms with Gasteiger partial charge in [0.2, 0.25) is 0 Å². The summed E-state index contributed by atoms with van der Waals surface area (Å²) < 4.78 is 0. The molecule has 2 rings (SSSR count). The van der Waals surface area contributed by atoms with Crippen LogP contribution < -0.4 is 0 Å². The molecule has 15 heavy (non-hydrogen) atoms. The molecule has 1 saturated carbocycles. The second kappa shape index (κ2) is 4.80. The second-order valence-electron chi connectivity index (χ2n) is 4.73. The highest BCUT2D eigenvalue weighted by atomic mass is 16.3. The number of aliphatic hydroxyl groups is 1. The number of hydrogen-bond acceptors (Lipinski definition) is 1. The summed E-state index contributed by atoms with van der Waals surface area (Å²) in [5, 5.41) is 9.81. The lowest BCUT2D eigenvalue weighted by Gasteiger charge is -2.18. The first-order chi connectivity index (χ1) is 7.27. The highest BCUT2D eigenvalue weighted by Gasteiger charge is 2.20. The van der Waals surface area contributed by atoms with E-state index >= 15 is 0 Å². The summed E-state index contributed by atoms with van der Waals surface area (Å²) in [4.78, 5) is 0. The van der Waals surface area contributed by atoms with Gasteiger partial charge in [0.15, 0.2) is 0 Å². The van der Waals surface area contributed by atoms with Crippen molar-refractivity contribution in [2.24, 2.45) is 0 Å². The summed E-state index contributed by atoms with van der Waals surface area (Å²) in [6.45, 7) is 2.17. The third-order valence-electron chi connectivity index (χ3n) is 3.52. The van der Waals surface area contributed by atoms with E-state index in [0.29, 0.717) is 5.92 Å². The average molecular weight is 204 g/mol. The predicted octanol–water partition coefficient (Wildman–Crippen LogP) is 3.40. The summed E-state index contributed by atoms with van der Waals surface area (Å²) in [5.41, 5.74) is 2.81. The molecule has 0 radical (unpaired) electrons. The first kappa shape index (κ1) is 10.7. The van der Waals surface area contributed by atoms with Crippen LogP contribution in [0.4, 0.5) is 0 Å². The maximum atomic E-state index is 9.81. The highest BCUT2D eigenvalue weighted by Crippen LogP contribution is 2.33. The van der Waals surface area contributed by atoms with Crippen molar-refractivity contribution < 1.29 is 5.11 Å². The van der Waals surface area contributed by atoms with Gasteiger partial charge in [0.05, 0.1) is 6.10 Å². The monoisotopic (exact) mass is 204 g/mol. The second-order valence-corrected chi connectivity index (χ2v) is 4.73. The van der Waals surface area contributed by atoms with Gasteiger partial charge >= 0.3 is 0 Å². The lowest BCUT2D eigenvalue weighted by atomic mass is 9.88. The Labute approximate surface area is 92.1 Å². The molecule has 0 spiro atoms. The largest absolute Gasteiger partial charge is 0.393 e. The van der Waals surface area contributed by atoms with Gasteiger partial charge in [-0.3, -0.25) is 0 Å². The average Bonchev–Trinajstić information content (AvgIpc) is 2.43. The fraction of sp³-hybridized carbons (Fsp3) is 0.571. The van der Waals surface area contributed by atoms with Crippen molar-refractivity contribution in [2.75, 3.05) is 0 Å². The molecule has 0 heterocycles. The van der Waals surface area contributed by atoms with Gasteiger partial charge in [-0.05, 0) is 43.2 Å². The van der Waals surface area contributed by atoms with Crippen molar-refractivity contribution in [3.8, 4) is 0 Å². The predicted molar refractivity (Wildman–Crippen MR) is 63.0 cm³/mol. The van der Waals surface area contributed by atoms with Crippen LogP contribution in [0, 0.1) is 6.92 Å². The molecule has 1 aromatic carbocycles. The van der Waals surface area contributed by atoms with Gasteiger partial charge in [0, 0.05) is 0 Å². The van der Waals surface area contributed by atoms with E-state index in [2.05, 4.69) is 31.2 Å². The van der Waals surface area contributed by atoms with Crippen LogP contribution in [0.1, 0.15) is 49.1 Å². The van der Waals surface area contributed by atoms with Crippen molar-refractivity contribution in [3.63, 3.8) is 0 Å². The highest BCUT2D eigenvalue weighted by molar-refractivity contribution is 5.29. The molecule has 1 nitrogen and oxygen atoms in total. The quantitative estimate of drug-likeness (QED) is 0.695. The Kier molecular flexibility index (Phi) is 3.42. The van der Waals surface area contributed by atoms with E-state index in [1.165, 1.54) is 30.4 Å². The summed E-state index contributed by atoms with van der Waals surface area (Å²) in [6.07, 6.45) is 5.53. The third-order valence-corrected chi connectivity index (χ3v) is 3.52. The standard InChI is InChI=1S/C14H20O/c1-11-6-2-5-9-14(11)12-7-3-4-8-13(15)10-12/h2,5-6,9,12-13,15H,3-4,7-8,10H2,1H3/t12-,13+/m1/s1. The molecule has 0 aromatic heterocycles. The van der Waals surface area contributed by atoms with Gasteiger partial charge in [-0.1, -0.05) is 37.1 Å². The van der Waals surface area contributed by atoms with Crippen LogP contribution in [-0.2, 0) is 0 Å². The zero-order valence-corrected chi connectivity index (χ0v) is 9.45. The Morgan fingerprint density at radius 3 is 2.67 bits per heavy atom. The van der Waals surface area contributed by atoms with E-state index < -0.39 is 0 Å². The number of benzene rings is 1. The normalized spacial score (nSPS) is 27.3. The number of aryl methyl sites for hydroxylation is 1. The van der Waals surface area contributed by atoms with E-state index in [-0.39, 0.29) is 6.10 Å². The lowest BCUT2D eigenvalue weighted by molar-refractivity contribution is 0.152. The summed E-state index contributed by atoms with van der Waals surface area (Å²) in [6, 6.07) is 8.59. The molecule has 82 valence electrons. The van der Waals surface area contributed by atoms with Crippen LogP contribution in [0.15, 0.2) is 24.3 Å². The van der Waals surface area contributed by atoms with Crippen LogP contribution in [0.3, 0.4) is 0 Å². The number of aliphatic hydroxyl groups excluding tert-OH is 1. The van der Waals surface area contributed by atoms with Crippen molar-refractivity contribution in [1.82, 2.24) is 0 Å². The van der Waals surface area contributed by atoms with Crippen molar-refractivity contribution in [2.45, 2.75) is 51.0 Å². The first-order valence-electron chi connectivity index (χ1n) is 6.01. The van der Waals surface area contributed by atoms with Crippen LogP contribution in [0.25, 0.3) is 0 Å². The van der Waals surface area contributed by atoms with Crippen LogP contribution >= 0.6 is 0 Å². The molecule has 1 heteroatoms. The van der Waals surface area contributed by atoms with E-state index in [1.54, 1.807) is 0 Å². The molecule has 1 fully saturated rings. The summed E-state index contributed by atoms with van der Waals surface area (Å²) in [5.74, 6) is 0.573. The van der Waals surface area contributed by atoms with Crippen molar-refractivity contribution in [3.05, 3.63) is 35.4 Å². The maximum Gasteiger partial charge on any atom is 0.0546 e. The molecule has 0 bridgehead atoms. The molecular weight excluding hydrogens is 184 g/mol.